The van der Waals surface area contributed by atoms with Crippen LogP contribution in [0.15, 0.2) is 59.1 Å². The summed E-state index contributed by atoms with van der Waals surface area (Å²) in [5, 5.41) is 23.5. The number of halogens is 3. The Labute approximate surface area is 183 Å². The molecule has 0 radical (unpaired) electrons. The number of carbonyl (C=O) groups is 3. The number of alkyl halides is 3. The van der Waals surface area contributed by atoms with Crippen LogP contribution < -0.4 is 10.5 Å². The topological polar surface area (TPSA) is 169 Å². The van der Waals surface area contributed by atoms with Gasteiger partial charge in [0.1, 0.15) is 23.0 Å². The number of carboxylic acid groups (broad SMARTS) is 2. The Hall–Kier alpha value is -4.55. The van der Waals surface area contributed by atoms with Gasteiger partial charge in [0.05, 0.1) is 6.54 Å². The molecule has 0 fully saturated rings. The molecular weight excluding hydrogens is 451 g/mol. The standard InChI is InChI=1S/C18H15N3O5.C2HF3O2/c19-16(20)11-3-5-12(6-4-11)26-18(24)15-8-7-13(25-15)10-21-9-1-2-14(21)17(22)23;3-2(4,5)1(6)7/h1-9H,10H2,(H3,19,20)(H,22,23);(H,6,7). The molecule has 0 aliphatic rings. The number of furan rings is 1. The predicted octanol–water partition coefficient (Wildman–Crippen LogP) is 2.96. The molecule has 2 aromatic heterocycles. The first-order valence-corrected chi connectivity index (χ1v) is 8.82. The Kier molecular flexibility index (Phi) is 7.62. The van der Waals surface area contributed by atoms with E-state index >= 15 is 0 Å². The van der Waals surface area contributed by atoms with Crippen LogP contribution in [0.5, 0.6) is 5.75 Å². The lowest BCUT2D eigenvalue weighted by Gasteiger charge is -2.04. The van der Waals surface area contributed by atoms with Crippen molar-refractivity contribution in [1.29, 1.82) is 5.41 Å². The summed E-state index contributed by atoms with van der Waals surface area (Å²) in [5.74, 6) is -3.86. The molecule has 3 rings (SSSR count). The summed E-state index contributed by atoms with van der Waals surface area (Å²) >= 11 is 0. The number of benzene rings is 1. The minimum absolute atomic E-state index is 0.000300. The molecule has 0 amide bonds. The van der Waals surface area contributed by atoms with E-state index in [0.29, 0.717) is 11.3 Å². The number of carbonyl (C=O) groups excluding carboxylic acids is 1. The number of carboxylic acids is 2. The van der Waals surface area contributed by atoms with Crippen LogP contribution >= 0.6 is 0 Å². The highest BCUT2D eigenvalue weighted by Crippen LogP contribution is 2.17. The first-order valence-electron chi connectivity index (χ1n) is 8.82. The lowest BCUT2D eigenvalue weighted by atomic mass is 10.2. The number of aromatic nitrogens is 1. The largest absolute Gasteiger partial charge is 0.490 e. The first kappa shape index (κ1) is 24.7. The fourth-order valence-corrected chi connectivity index (χ4v) is 2.35. The van der Waals surface area contributed by atoms with Crippen molar-refractivity contribution in [2.24, 2.45) is 5.73 Å². The van der Waals surface area contributed by atoms with Crippen LogP contribution in [0.3, 0.4) is 0 Å². The molecule has 0 saturated heterocycles. The monoisotopic (exact) mass is 467 g/mol. The molecule has 0 spiro atoms. The zero-order valence-corrected chi connectivity index (χ0v) is 16.5. The number of aromatic carboxylic acids is 1. The zero-order chi connectivity index (χ0) is 24.8. The van der Waals surface area contributed by atoms with E-state index in [1.54, 1.807) is 30.5 Å². The van der Waals surface area contributed by atoms with Crippen molar-refractivity contribution in [2.45, 2.75) is 12.7 Å². The molecule has 1 aromatic carbocycles. The Morgan fingerprint density at radius 2 is 1.67 bits per heavy atom. The second kappa shape index (κ2) is 10.2. The second-order valence-corrected chi connectivity index (χ2v) is 6.22. The molecule has 174 valence electrons. The van der Waals surface area contributed by atoms with E-state index in [1.165, 1.54) is 28.8 Å². The maximum atomic E-state index is 12.1. The van der Waals surface area contributed by atoms with Gasteiger partial charge in [-0.05, 0) is 48.5 Å². The molecule has 0 aliphatic heterocycles. The normalized spacial score (nSPS) is 10.6. The summed E-state index contributed by atoms with van der Waals surface area (Å²) in [5.41, 5.74) is 6.01. The second-order valence-electron chi connectivity index (χ2n) is 6.22. The Morgan fingerprint density at radius 1 is 1.06 bits per heavy atom. The zero-order valence-electron chi connectivity index (χ0n) is 16.5. The van der Waals surface area contributed by atoms with E-state index < -0.39 is 24.1 Å². The number of esters is 1. The van der Waals surface area contributed by atoms with Crippen molar-refractivity contribution in [2.75, 3.05) is 0 Å². The van der Waals surface area contributed by atoms with Gasteiger partial charge < -0.3 is 29.7 Å². The van der Waals surface area contributed by atoms with Crippen molar-refractivity contribution in [3.05, 3.63) is 77.5 Å². The van der Waals surface area contributed by atoms with Crippen LogP contribution in [0.4, 0.5) is 13.2 Å². The molecule has 0 aliphatic carbocycles. The SMILES string of the molecule is N=C(N)c1ccc(OC(=O)c2ccc(Cn3cccc3C(=O)O)o2)cc1.O=C(O)C(F)(F)F. The number of nitrogens with zero attached hydrogens (tertiary/aromatic N) is 1. The van der Waals surface area contributed by atoms with Gasteiger partial charge in [-0.25, -0.2) is 14.4 Å². The number of hydrogen-bond donors (Lipinski definition) is 4. The van der Waals surface area contributed by atoms with Gasteiger partial charge in [-0.2, -0.15) is 13.2 Å². The Morgan fingerprint density at radius 3 is 2.18 bits per heavy atom. The third-order valence-electron chi connectivity index (χ3n) is 3.86. The Bertz CT molecular complexity index is 1160. The third kappa shape index (κ3) is 6.99. The average Bonchev–Trinajstić information content (AvgIpc) is 3.38. The number of nitrogens with one attached hydrogen (secondary N) is 1. The first-order chi connectivity index (χ1) is 15.4. The van der Waals surface area contributed by atoms with Crippen LogP contribution in [0.1, 0.15) is 32.4 Å². The summed E-state index contributed by atoms with van der Waals surface area (Å²) in [6, 6.07) is 12.3. The molecule has 0 atom stereocenters. The van der Waals surface area contributed by atoms with E-state index in [1.807, 2.05) is 0 Å². The minimum atomic E-state index is -5.08. The molecule has 0 unspecified atom stereocenters. The highest BCUT2D eigenvalue weighted by Gasteiger charge is 2.38. The van der Waals surface area contributed by atoms with Crippen molar-refractivity contribution < 1.29 is 46.9 Å². The lowest BCUT2D eigenvalue weighted by molar-refractivity contribution is -0.192. The van der Waals surface area contributed by atoms with Crippen molar-refractivity contribution >= 4 is 23.7 Å². The van der Waals surface area contributed by atoms with Crippen molar-refractivity contribution in [3.8, 4) is 5.75 Å². The fraction of sp³-hybridized carbons (Fsp3) is 0.100. The van der Waals surface area contributed by atoms with Gasteiger partial charge in [0.2, 0.25) is 5.76 Å². The molecule has 2 heterocycles. The number of nitrogen functional groups attached to an aromatic ring is 1. The third-order valence-corrected chi connectivity index (χ3v) is 3.86. The number of amidine groups is 1. The van der Waals surface area contributed by atoms with E-state index in [4.69, 9.17) is 35.3 Å². The highest BCUT2D eigenvalue weighted by atomic mass is 19.4. The van der Waals surface area contributed by atoms with E-state index in [2.05, 4.69) is 0 Å². The molecule has 33 heavy (non-hydrogen) atoms. The van der Waals surface area contributed by atoms with Crippen LogP contribution in [-0.2, 0) is 11.3 Å². The summed E-state index contributed by atoms with van der Waals surface area (Å²) in [4.78, 5) is 32.1. The summed E-state index contributed by atoms with van der Waals surface area (Å²) in [6.07, 6.45) is -3.47. The van der Waals surface area contributed by atoms with Gasteiger partial charge in [0.25, 0.3) is 0 Å². The molecule has 3 aromatic rings. The van der Waals surface area contributed by atoms with E-state index in [0.717, 1.165) is 0 Å². The number of ether oxygens (including phenoxy) is 1. The lowest BCUT2D eigenvalue weighted by Crippen LogP contribution is -2.21. The maximum Gasteiger partial charge on any atom is 0.490 e. The molecule has 5 N–H and O–H groups in total. The van der Waals surface area contributed by atoms with Crippen LogP contribution in [-0.4, -0.2) is 44.7 Å². The number of rotatable bonds is 6. The van der Waals surface area contributed by atoms with Crippen LogP contribution in [0.2, 0.25) is 0 Å². The van der Waals surface area contributed by atoms with Crippen molar-refractivity contribution in [1.82, 2.24) is 4.57 Å². The van der Waals surface area contributed by atoms with Crippen LogP contribution in [0, 0.1) is 5.41 Å². The summed E-state index contributed by atoms with van der Waals surface area (Å²) in [7, 11) is 0. The maximum absolute atomic E-state index is 12.1. The Balaban J connectivity index is 0.000000479. The van der Waals surface area contributed by atoms with E-state index in [9.17, 15) is 22.8 Å². The van der Waals surface area contributed by atoms with Gasteiger partial charge in [0, 0.05) is 11.8 Å². The van der Waals surface area contributed by atoms with Gasteiger partial charge in [-0.3, -0.25) is 5.41 Å². The quantitative estimate of drug-likeness (QED) is 0.186. The molecule has 10 nitrogen and oxygen atoms in total. The summed E-state index contributed by atoms with van der Waals surface area (Å²) in [6.45, 7) is 0.176. The number of hydrogen-bond acceptors (Lipinski definition) is 6. The van der Waals surface area contributed by atoms with Crippen LogP contribution in [0.25, 0.3) is 0 Å². The van der Waals surface area contributed by atoms with Gasteiger partial charge in [-0.1, -0.05) is 0 Å². The smallest absolute Gasteiger partial charge is 0.477 e. The van der Waals surface area contributed by atoms with E-state index in [-0.39, 0.29) is 29.6 Å². The molecule has 0 saturated carbocycles. The van der Waals surface area contributed by atoms with Crippen molar-refractivity contribution in [3.63, 3.8) is 0 Å². The molecule has 13 heteroatoms. The average molecular weight is 467 g/mol. The minimum Gasteiger partial charge on any atom is -0.477 e. The summed E-state index contributed by atoms with van der Waals surface area (Å²) < 4.78 is 43.9. The molecule has 0 bridgehead atoms. The van der Waals surface area contributed by atoms with Gasteiger partial charge in [-0.15, -0.1) is 0 Å². The van der Waals surface area contributed by atoms with Gasteiger partial charge >= 0.3 is 24.1 Å². The molecular formula is C20H16F3N3O7. The number of aliphatic carboxylic acids is 1. The predicted molar refractivity (Wildman–Crippen MR) is 105 cm³/mol. The van der Waals surface area contributed by atoms with Gasteiger partial charge in [0.15, 0.2) is 0 Å². The number of nitrogens with two attached hydrogens (primary N) is 1. The fourth-order valence-electron chi connectivity index (χ4n) is 2.35. The highest BCUT2D eigenvalue weighted by molar-refractivity contribution is 5.95.